The first-order valence-electron chi connectivity index (χ1n) is 11.1. The molecule has 4 aromatic rings. The monoisotopic (exact) mass is 444 g/mol. The summed E-state index contributed by atoms with van der Waals surface area (Å²) in [5.41, 5.74) is 2.09. The van der Waals surface area contributed by atoms with Gasteiger partial charge in [-0.25, -0.2) is 4.39 Å². The van der Waals surface area contributed by atoms with Gasteiger partial charge in [-0.3, -0.25) is 9.69 Å². The Bertz CT molecular complexity index is 1290. The van der Waals surface area contributed by atoms with Crippen LogP contribution >= 0.6 is 0 Å². The van der Waals surface area contributed by atoms with Gasteiger partial charge >= 0.3 is 0 Å². The lowest BCUT2D eigenvalue weighted by Crippen LogP contribution is -2.38. The molecule has 3 aromatic carbocycles. The largest absolute Gasteiger partial charge is 0.322 e. The molecule has 0 spiro atoms. The Hall–Kier alpha value is -3.65. The molecule has 1 saturated heterocycles. The summed E-state index contributed by atoms with van der Waals surface area (Å²) in [6.07, 6.45) is 1.98. The number of likely N-dealkylation sites (tertiary alicyclic amines) is 1. The molecule has 0 atom stereocenters. The van der Waals surface area contributed by atoms with Crippen molar-refractivity contribution in [1.82, 2.24) is 25.1 Å². The number of rotatable bonds is 5. The average Bonchev–Trinajstić information content (AvgIpc) is 3.26. The molecule has 1 amide bonds. The molecular weight excluding hydrogens is 419 g/mol. The molecule has 0 radical (unpaired) electrons. The summed E-state index contributed by atoms with van der Waals surface area (Å²) in [5.74, 6) is 0.326. The van der Waals surface area contributed by atoms with E-state index in [4.69, 9.17) is 0 Å². The maximum Gasteiger partial charge on any atom is 0.238 e. The highest BCUT2D eigenvalue weighted by atomic mass is 19.1. The van der Waals surface area contributed by atoms with E-state index in [0.29, 0.717) is 17.4 Å². The van der Waals surface area contributed by atoms with E-state index < -0.39 is 5.82 Å². The SMILES string of the molecule is Cc1nnnn1-c1ccc(F)c(NC(=O)CN2CCC(c3cccc4ccccc34)CC2)c1. The Kier molecular flexibility index (Phi) is 5.83. The molecular formula is C25H25FN6O. The van der Waals surface area contributed by atoms with Crippen molar-refractivity contribution < 1.29 is 9.18 Å². The van der Waals surface area contributed by atoms with Crippen LogP contribution in [0.25, 0.3) is 16.5 Å². The zero-order valence-corrected chi connectivity index (χ0v) is 18.4. The summed E-state index contributed by atoms with van der Waals surface area (Å²) in [6.45, 7) is 3.64. The van der Waals surface area contributed by atoms with E-state index in [2.05, 4.69) is 68.2 Å². The second-order valence-electron chi connectivity index (χ2n) is 8.47. The van der Waals surface area contributed by atoms with Gasteiger partial charge in [0.15, 0.2) is 5.82 Å². The summed E-state index contributed by atoms with van der Waals surface area (Å²) < 4.78 is 15.8. The Labute approximate surface area is 191 Å². The first-order chi connectivity index (χ1) is 16.1. The van der Waals surface area contributed by atoms with Crippen molar-refractivity contribution in [3.8, 4) is 5.69 Å². The molecule has 168 valence electrons. The minimum absolute atomic E-state index is 0.123. The number of aryl methyl sites for hydroxylation is 1. The van der Waals surface area contributed by atoms with Gasteiger partial charge in [-0.05, 0) is 83.7 Å². The van der Waals surface area contributed by atoms with Gasteiger partial charge in [0.05, 0.1) is 17.9 Å². The molecule has 0 unspecified atom stereocenters. The normalized spacial score (nSPS) is 15.1. The van der Waals surface area contributed by atoms with Crippen LogP contribution in [0.2, 0.25) is 0 Å². The van der Waals surface area contributed by atoms with Crippen molar-refractivity contribution in [2.45, 2.75) is 25.7 Å². The molecule has 1 aliphatic heterocycles. The Morgan fingerprint density at radius 2 is 1.88 bits per heavy atom. The van der Waals surface area contributed by atoms with Crippen LogP contribution in [0, 0.1) is 12.7 Å². The van der Waals surface area contributed by atoms with Gasteiger partial charge < -0.3 is 5.32 Å². The lowest BCUT2D eigenvalue weighted by Gasteiger charge is -2.32. The maximum absolute atomic E-state index is 14.3. The summed E-state index contributed by atoms with van der Waals surface area (Å²) >= 11 is 0. The van der Waals surface area contributed by atoms with Crippen molar-refractivity contribution in [2.24, 2.45) is 0 Å². The fourth-order valence-corrected chi connectivity index (χ4v) is 4.61. The van der Waals surface area contributed by atoms with Crippen LogP contribution in [0.1, 0.15) is 30.1 Å². The standard InChI is InChI=1S/C25H25FN6O/c1-17-28-29-30-32(17)20-9-10-23(26)24(15-20)27-25(33)16-31-13-11-19(12-14-31)22-8-4-6-18-5-2-3-7-21(18)22/h2-10,15,19H,11-14,16H2,1H3,(H,27,33). The second-order valence-corrected chi connectivity index (χ2v) is 8.47. The topological polar surface area (TPSA) is 75.9 Å². The van der Waals surface area contributed by atoms with Crippen LogP contribution in [0.3, 0.4) is 0 Å². The number of carbonyl (C=O) groups excluding carboxylic acids is 1. The number of piperidine rings is 1. The van der Waals surface area contributed by atoms with E-state index in [1.54, 1.807) is 19.1 Å². The van der Waals surface area contributed by atoms with E-state index >= 15 is 0 Å². The number of hydrogen-bond acceptors (Lipinski definition) is 5. The van der Waals surface area contributed by atoms with Gasteiger partial charge in [-0.15, -0.1) is 5.10 Å². The van der Waals surface area contributed by atoms with Crippen LogP contribution in [0.5, 0.6) is 0 Å². The van der Waals surface area contributed by atoms with Crippen molar-refractivity contribution in [3.63, 3.8) is 0 Å². The lowest BCUT2D eigenvalue weighted by atomic mass is 9.86. The molecule has 2 heterocycles. The molecule has 0 saturated carbocycles. The van der Waals surface area contributed by atoms with Crippen molar-refractivity contribution in [3.05, 3.63) is 77.9 Å². The molecule has 1 N–H and O–H groups in total. The van der Waals surface area contributed by atoms with E-state index in [0.717, 1.165) is 25.9 Å². The third kappa shape index (κ3) is 4.47. The number of halogens is 1. The quantitative estimate of drug-likeness (QED) is 0.502. The molecule has 1 fully saturated rings. The summed E-state index contributed by atoms with van der Waals surface area (Å²) in [7, 11) is 0. The van der Waals surface area contributed by atoms with E-state index in [1.807, 2.05) is 0 Å². The molecule has 0 aliphatic carbocycles. The van der Waals surface area contributed by atoms with Gasteiger partial charge in [0.25, 0.3) is 0 Å². The van der Waals surface area contributed by atoms with E-state index in [-0.39, 0.29) is 18.1 Å². The van der Waals surface area contributed by atoms with Crippen LogP contribution in [0.4, 0.5) is 10.1 Å². The zero-order chi connectivity index (χ0) is 22.8. The number of nitrogens with zero attached hydrogens (tertiary/aromatic N) is 5. The van der Waals surface area contributed by atoms with E-state index in [9.17, 15) is 9.18 Å². The predicted molar refractivity (Wildman–Crippen MR) is 125 cm³/mol. The molecule has 5 rings (SSSR count). The van der Waals surface area contributed by atoms with Crippen LogP contribution < -0.4 is 5.32 Å². The smallest absolute Gasteiger partial charge is 0.238 e. The number of fused-ring (bicyclic) bond motifs is 1. The Balaban J connectivity index is 1.21. The summed E-state index contributed by atoms with van der Waals surface area (Å²) in [5, 5.41) is 16.6. The summed E-state index contributed by atoms with van der Waals surface area (Å²) in [6, 6.07) is 19.4. The fourth-order valence-electron chi connectivity index (χ4n) is 4.61. The van der Waals surface area contributed by atoms with Crippen LogP contribution in [-0.2, 0) is 4.79 Å². The second kappa shape index (κ2) is 9.07. The highest BCUT2D eigenvalue weighted by Crippen LogP contribution is 2.33. The minimum atomic E-state index is -0.493. The highest BCUT2D eigenvalue weighted by molar-refractivity contribution is 5.92. The number of benzene rings is 3. The van der Waals surface area contributed by atoms with Crippen molar-refractivity contribution in [1.29, 1.82) is 0 Å². The fraction of sp³-hybridized carbons (Fsp3) is 0.280. The highest BCUT2D eigenvalue weighted by Gasteiger charge is 2.23. The third-order valence-corrected chi connectivity index (χ3v) is 6.31. The average molecular weight is 445 g/mol. The third-order valence-electron chi connectivity index (χ3n) is 6.31. The molecule has 0 bridgehead atoms. The van der Waals surface area contributed by atoms with Gasteiger partial charge in [0.1, 0.15) is 5.82 Å². The van der Waals surface area contributed by atoms with Crippen LogP contribution in [-0.4, -0.2) is 50.6 Å². The number of nitrogens with one attached hydrogen (secondary N) is 1. The van der Waals surface area contributed by atoms with Gasteiger partial charge in [0.2, 0.25) is 5.91 Å². The number of amides is 1. The molecule has 33 heavy (non-hydrogen) atoms. The maximum atomic E-state index is 14.3. The number of anilines is 1. The predicted octanol–water partition coefficient (Wildman–Crippen LogP) is 4.08. The number of tetrazole rings is 1. The number of aromatic nitrogens is 4. The first-order valence-corrected chi connectivity index (χ1v) is 11.1. The van der Waals surface area contributed by atoms with E-state index in [1.165, 1.54) is 27.1 Å². The van der Waals surface area contributed by atoms with Crippen molar-refractivity contribution in [2.75, 3.05) is 25.0 Å². The molecule has 8 heteroatoms. The van der Waals surface area contributed by atoms with Crippen LogP contribution in [0.15, 0.2) is 60.7 Å². The van der Waals surface area contributed by atoms with Crippen molar-refractivity contribution >= 4 is 22.4 Å². The molecule has 1 aliphatic rings. The number of hydrogen-bond donors (Lipinski definition) is 1. The Morgan fingerprint density at radius 1 is 1.09 bits per heavy atom. The number of carbonyl (C=O) groups is 1. The van der Waals surface area contributed by atoms with Gasteiger partial charge in [0, 0.05) is 0 Å². The zero-order valence-electron chi connectivity index (χ0n) is 18.4. The molecule has 7 nitrogen and oxygen atoms in total. The van der Waals surface area contributed by atoms with Gasteiger partial charge in [-0.2, -0.15) is 4.68 Å². The Morgan fingerprint density at radius 3 is 2.67 bits per heavy atom. The summed E-state index contributed by atoms with van der Waals surface area (Å²) in [4.78, 5) is 14.8. The first kappa shape index (κ1) is 21.2. The van der Waals surface area contributed by atoms with Gasteiger partial charge in [-0.1, -0.05) is 42.5 Å². The lowest BCUT2D eigenvalue weighted by molar-refractivity contribution is -0.117. The molecule has 1 aromatic heterocycles. The minimum Gasteiger partial charge on any atom is -0.322 e.